The SMILES string of the molecule is Cc1ccc(S(=O)(=O)n2ccc3c2ncc2nnc(C4CC[C@H](N5CCCS5(=O)=O)C4)n23)cc1. The maximum atomic E-state index is 13.3. The van der Waals surface area contributed by atoms with E-state index in [1.807, 2.05) is 11.3 Å². The van der Waals surface area contributed by atoms with Gasteiger partial charge in [0.25, 0.3) is 10.0 Å². The van der Waals surface area contributed by atoms with Gasteiger partial charge in [-0.15, -0.1) is 10.2 Å². The first-order chi connectivity index (χ1) is 16.3. The van der Waals surface area contributed by atoms with Crippen LogP contribution in [0.2, 0.25) is 0 Å². The lowest BCUT2D eigenvalue weighted by Crippen LogP contribution is -2.34. The molecule has 0 N–H and O–H groups in total. The second-order valence-corrected chi connectivity index (χ2v) is 12.9. The quantitative estimate of drug-likeness (QED) is 0.422. The molecule has 0 spiro atoms. The highest BCUT2D eigenvalue weighted by molar-refractivity contribution is 7.90. The Bertz CT molecular complexity index is 1620. The third-order valence-corrected chi connectivity index (χ3v) is 10.6. The Labute approximate surface area is 197 Å². The van der Waals surface area contributed by atoms with Crippen LogP contribution in [0.15, 0.2) is 47.6 Å². The molecule has 2 atom stereocenters. The van der Waals surface area contributed by atoms with E-state index in [2.05, 4.69) is 15.2 Å². The zero-order valence-electron chi connectivity index (χ0n) is 18.6. The van der Waals surface area contributed by atoms with Crippen molar-refractivity contribution in [3.63, 3.8) is 0 Å². The predicted molar refractivity (Wildman–Crippen MR) is 126 cm³/mol. The standard InChI is InChI=1S/C22H24N6O4S2/c1-15-3-7-18(8-4-15)34(31,32)27-11-9-19-22(27)23-14-20-24-25-21(28(19)20)16-5-6-17(13-16)26-10-2-12-33(26,29)30/h3-4,7-9,11,14,16-17H,2,5-6,10,12-13H2,1H3/t16?,17-/m0/s1. The molecule has 0 amide bonds. The van der Waals surface area contributed by atoms with E-state index in [1.54, 1.807) is 34.6 Å². The molecule has 1 saturated heterocycles. The molecule has 4 aromatic rings. The molecule has 1 aliphatic heterocycles. The lowest BCUT2D eigenvalue weighted by molar-refractivity contribution is 0.342. The largest absolute Gasteiger partial charge is 0.274 e. The first-order valence-electron chi connectivity index (χ1n) is 11.3. The van der Waals surface area contributed by atoms with E-state index < -0.39 is 20.0 Å². The van der Waals surface area contributed by atoms with Crippen molar-refractivity contribution in [2.75, 3.05) is 12.3 Å². The summed E-state index contributed by atoms with van der Waals surface area (Å²) in [5, 5.41) is 8.67. The third-order valence-electron chi connectivity index (χ3n) is 6.96. The summed E-state index contributed by atoms with van der Waals surface area (Å²) < 4.78 is 56.1. The van der Waals surface area contributed by atoms with Crippen LogP contribution in [0.1, 0.15) is 43.0 Å². The van der Waals surface area contributed by atoms with E-state index in [-0.39, 0.29) is 22.6 Å². The summed E-state index contributed by atoms with van der Waals surface area (Å²) in [7, 11) is -7.00. The molecule has 2 aliphatic rings. The average molecular weight is 501 g/mol. The number of sulfonamides is 1. The van der Waals surface area contributed by atoms with Crippen LogP contribution < -0.4 is 0 Å². The van der Waals surface area contributed by atoms with Crippen LogP contribution in [-0.2, 0) is 20.0 Å². The van der Waals surface area contributed by atoms with Gasteiger partial charge in [0.2, 0.25) is 10.0 Å². The van der Waals surface area contributed by atoms with Crippen molar-refractivity contribution in [2.24, 2.45) is 0 Å². The molecule has 2 fully saturated rings. The van der Waals surface area contributed by atoms with Gasteiger partial charge in [-0.25, -0.2) is 25.8 Å². The first kappa shape index (κ1) is 21.7. The Balaban J connectivity index is 1.40. The third kappa shape index (κ3) is 3.27. The minimum absolute atomic E-state index is 0.0263. The van der Waals surface area contributed by atoms with Crippen molar-refractivity contribution in [1.82, 2.24) is 27.9 Å². The van der Waals surface area contributed by atoms with Crippen LogP contribution in [0.3, 0.4) is 0 Å². The second kappa shape index (κ2) is 7.59. The van der Waals surface area contributed by atoms with E-state index in [0.29, 0.717) is 42.0 Å². The molecule has 12 heteroatoms. The topological polar surface area (TPSA) is 120 Å². The van der Waals surface area contributed by atoms with Crippen molar-refractivity contribution in [1.29, 1.82) is 0 Å². The smallest absolute Gasteiger partial charge is 0.269 e. The Morgan fingerprint density at radius 1 is 1.06 bits per heavy atom. The van der Waals surface area contributed by atoms with Crippen LogP contribution in [-0.4, -0.2) is 63.0 Å². The van der Waals surface area contributed by atoms with E-state index in [4.69, 9.17) is 0 Å². The van der Waals surface area contributed by atoms with Crippen LogP contribution in [0.25, 0.3) is 16.8 Å². The second-order valence-electron chi connectivity index (χ2n) is 9.09. The fourth-order valence-electron chi connectivity index (χ4n) is 5.26. The molecular formula is C22H24N6O4S2. The van der Waals surface area contributed by atoms with Crippen molar-refractivity contribution < 1.29 is 16.8 Å². The summed E-state index contributed by atoms with van der Waals surface area (Å²) in [6.07, 6.45) is 5.94. The number of hydrogen-bond acceptors (Lipinski definition) is 7. The average Bonchev–Trinajstić information content (AvgIpc) is 3.57. The summed E-state index contributed by atoms with van der Waals surface area (Å²) >= 11 is 0. The van der Waals surface area contributed by atoms with Gasteiger partial charge in [0.1, 0.15) is 5.82 Å². The van der Waals surface area contributed by atoms with Gasteiger partial charge in [-0.1, -0.05) is 17.7 Å². The number of hydrogen-bond donors (Lipinski definition) is 0. The lowest BCUT2D eigenvalue weighted by atomic mass is 10.1. The molecule has 1 aliphatic carbocycles. The summed E-state index contributed by atoms with van der Waals surface area (Å²) in [4.78, 5) is 4.58. The number of benzene rings is 1. The van der Waals surface area contributed by atoms with E-state index in [1.165, 1.54) is 16.4 Å². The van der Waals surface area contributed by atoms with Gasteiger partial charge >= 0.3 is 0 Å². The Hall–Kier alpha value is -2.83. The zero-order chi connectivity index (χ0) is 23.7. The zero-order valence-corrected chi connectivity index (χ0v) is 20.2. The van der Waals surface area contributed by atoms with Gasteiger partial charge in [-0.05, 0) is 50.8 Å². The molecular weight excluding hydrogens is 476 g/mol. The predicted octanol–water partition coefficient (Wildman–Crippen LogP) is 2.30. The normalized spacial score (nSPS) is 23.3. The van der Waals surface area contributed by atoms with Crippen LogP contribution in [0, 0.1) is 6.92 Å². The highest BCUT2D eigenvalue weighted by Gasteiger charge is 2.40. The molecule has 10 nitrogen and oxygen atoms in total. The van der Waals surface area contributed by atoms with E-state index >= 15 is 0 Å². The van der Waals surface area contributed by atoms with Crippen LogP contribution in [0.5, 0.6) is 0 Å². The highest BCUT2D eigenvalue weighted by Crippen LogP contribution is 2.39. The van der Waals surface area contributed by atoms with Gasteiger partial charge in [0, 0.05) is 24.7 Å². The summed E-state index contributed by atoms with van der Waals surface area (Å²) in [6.45, 7) is 2.48. The number of aromatic nitrogens is 5. The minimum Gasteiger partial charge on any atom is -0.274 e. The Kier molecular flexibility index (Phi) is 4.84. The van der Waals surface area contributed by atoms with Crippen molar-refractivity contribution in [3.05, 3.63) is 54.1 Å². The number of fused-ring (bicyclic) bond motifs is 3. The fraction of sp³-hybridized carbons (Fsp3) is 0.409. The Morgan fingerprint density at radius 3 is 2.59 bits per heavy atom. The minimum atomic E-state index is -3.83. The Morgan fingerprint density at radius 2 is 1.85 bits per heavy atom. The van der Waals surface area contributed by atoms with Crippen LogP contribution >= 0.6 is 0 Å². The van der Waals surface area contributed by atoms with Gasteiger partial charge in [0.05, 0.1) is 22.4 Å². The van der Waals surface area contributed by atoms with Gasteiger partial charge in [0.15, 0.2) is 11.3 Å². The molecule has 1 aromatic carbocycles. The van der Waals surface area contributed by atoms with Crippen molar-refractivity contribution >= 4 is 36.9 Å². The number of rotatable bonds is 4. The molecule has 34 heavy (non-hydrogen) atoms. The molecule has 3 aromatic heterocycles. The lowest BCUT2D eigenvalue weighted by Gasteiger charge is -2.22. The molecule has 0 radical (unpaired) electrons. The summed E-state index contributed by atoms with van der Waals surface area (Å²) in [6, 6.07) is 8.38. The van der Waals surface area contributed by atoms with Gasteiger partial charge in [-0.3, -0.25) is 4.40 Å². The summed E-state index contributed by atoms with van der Waals surface area (Å²) in [5.74, 6) is 0.961. The summed E-state index contributed by atoms with van der Waals surface area (Å²) in [5.41, 5.74) is 2.41. The van der Waals surface area contributed by atoms with E-state index in [9.17, 15) is 16.8 Å². The molecule has 1 unspecified atom stereocenters. The monoisotopic (exact) mass is 500 g/mol. The van der Waals surface area contributed by atoms with Gasteiger partial charge in [-0.2, -0.15) is 4.31 Å². The first-order valence-corrected chi connectivity index (χ1v) is 14.3. The highest BCUT2D eigenvalue weighted by atomic mass is 32.2. The van der Waals surface area contributed by atoms with Crippen molar-refractivity contribution in [2.45, 2.75) is 49.5 Å². The molecule has 6 rings (SSSR count). The maximum Gasteiger partial charge on any atom is 0.269 e. The molecule has 0 bridgehead atoms. The van der Waals surface area contributed by atoms with Crippen molar-refractivity contribution in [3.8, 4) is 0 Å². The molecule has 4 heterocycles. The van der Waals surface area contributed by atoms with E-state index in [0.717, 1.165) is 18.4 Å². The van der Waals surface area contributed by atoms with Crippen LogP contribution in [0.4, 0.5) is 0 Å². The number of nitrogens with zero attached hydrogens (tertiary/aromatic N) is 6. The fourth-order valence-corrected chi connectivity index (χ4v) is 8.33. The number of aryl methyl sites for hydroxylation is 1. The molecule has 1 saturated carbocycles. The maximum absolute atomic E-state index is 13.3. The van der Waals surface area contributed by atoms with Gasteiger partial charge < -0.3 is 0 Å². The molecule has 178 valence electrons.